The van der Waals surface area contributed by atoms with E-state index in [0.29, 0.717) is 29.4 Å². The van der Waals surface area contributed by atoms with Crippen LogP contribution in [0.1, 0.15) is 27.3 Å². The third-order valence-electron chi connectivity index (χ3n) is 6.13. The topological polar surface area (TPSA) is 93.8 Å². The summed E-state index contributed by atoms with van der Waals surface area (Å²) in [6.45, 7) is 5.15. The number of nitrogens with zero attached hydrogens (tertiary/aromatic N) is 2. The van der Waals surface area contributed by atoms with E-state index >= 15 is 0 Å². The van der Waals surface area contributed by atoms with Gasteiger partial charge in [0.2, 0.25) is 0 Å². The molecule has 0 bridgehead atoms. The number of carbonyl (C=O) groups is 1. The van der Waals surface area contributed by atoms with Gasteiger partial charge in [-0.05, 0) is 68.8 Å². The zero-order valence-electron chi connectivity index (χ0n) is 23.7. The first-order valence-corrected chi connectivity index (χ1v) is 12.3. The molecule has 0 saturated heterocycles. The van der Waals surface area contributed by atoms with E-state index in [4.69, 9.17) is 13.9 Å². The zero-order valence-corrected chi connectivity index (χ0v) is 24.7. The Morgan fingerprint density at radius 3 is 2.50 bits per heavy atom. The molecule has 1 aromatic heterocycles. The van der Waals surface area contributed by atoms with Crippen LogP contribution in [0.2, 0.25) is 0 Å². The maximum absolute atomic E-state index is 11.2. The van der Waals surface area contributed by atoms with Gasteiger partial charge in [-0.15, -0.1) is 0 Å². The van der Waals surface area contributed by atoms with Crippen LogP contribution in [0.15, 0.2) is 77.2 Å². The number of aliphatic carboxylic acids is 1. The molecular formula is C29H35N3NaO5+. The van der Waals surface area contributed by atoms with E-state index in [-0.39, 0.29) is 31.0 Å². The number of ether oxygens (including phenoxy) is 2. The molecule has 0 aliphatic rings. The molecule has 4 aromatic rings. The molecule has 0 atom stereocenters. The van der Waals surface area contributed by atoms with E-state index in [9.17, 15) is 9.90 Å². The number of rotatable bonds is 12. The van der Waals surface area contributed by atoms with E-state index in [1.807, 2.05) is 74.8 Å². The van der Waals surface area contributed by atoms with Gasteiger partial charge in [0.15, 0.2) is 11.2 Å². The number of fused-ring (bicyclic) bond motifs is 1. The number of benzene rings is 3. The Labute approximate surface area is 246 Å². The molecule has 0 unspecified atom stereocenters. The van der Waals surface area contributed by atoms with Gasteiger partial charge in [-0.25, -0.2) is 9.28 Å². The molecule has 0 aliphatic heterocycles. The molecule has 0 saturated carbocycles. The molecule has 0 aliphatic carbocycles. The minimum atomic E-state index is -1.27. The van der Waals surface area contributed by atoms with Crippen LogP contribution in [0, 0.1) is 0 Å². The summed E-state index contributed by atoms with van der Waals surface area (Å²) in [6, 6.07) is 23.8. The molecule has 3 aromatic carbocycles. The van der Waals surface area contributed by atoms with Crippen molar-refractivity contribution in [1.29, 1.82) is 0 Å². The fourth-order valence-electron chi connectivity index (χ4n) is 3.76. The van der Waals surface area contributed by atoms with Crippen molar-refractivity contribution in [2.45, 2.75) is 32.4 Å². The molecule has 9 heteroatoms. The van der Waals surface area contributed by atoms with Crippen LogP contribution in [0.3, 0.4) is 0 Å². The largest absolute Gasteiger partial charge is 1.00 e. The second-order valence-corrected chi connectivity index (χ2v) is 9.86. The summed E-state index contributed by atoms with van der Waals surface area (Å²) >= 11 is 0. The Morgan fingerprint density at radius 1 is 1.05 bits per heavy atom. The Bertz CT molecular complexity index is 1330. The summed E-state index contributed by atoms with van der Waals surface area (Å²) in [6.07, 6.45) is 0.849. The van der Waals surface area contributed by atoms with Crippen LogP contribution in [0.4, 0.5) is 11.7 Å². The molecule has 2 N–H and O–H groups in total. The molecule has 0 fully saturated rings. The van der Waals surface area contributed by atoms with E-state index in [1.54, 1.807) is 12.1 Å². The molecule has 196 valence electrons. The molecule has 4 rings (SSSR count). The second kappa shape index (κ2) is 12.8. The summed E-state index contributed by atoms with van der Waals surface area (Å²) in [5, 5.41) is 12.6. The van der Waals surface area contributed by atoms with Gasteiger partial charge in [0.1, 0.15) is 22.7 Å². The third-order valence-corrected chi connectivity index (χ3v) is 6.13. The molecule has 0 spiro atoms. The first kappa shape index (κ1) is 29.7. The minimum absolute atomic E-state index is 0. The maximum atomic E-state index is 11.2. The third kappa shape index (κ3) is 7.36. The molecule has 1 heterocycles. The number of carboxylic acid groups (broad SMARTS) is 1. The first-order chi connectivity index (χ1) is 17.6. The Morgan fingerprint density at radius 2 is 1.79 bits per heavy atom. The normalized spacial score (nSPS) is 11.7. The van der Waals surface area contributed by atoms with Crippen molar-refractivity contribution in [2.75, 3.05) is 27.2 Å². The van der Waals surface area contributed by atoms with Gasteiger partial charge in [0.05, 0.1) is 20.7 Å². The van der Waals surface area contributed by atoms with Gasteiger partial charge in [-0.1, -0.05) is 30.3 Å². The van der Waals surface area contributed by atoms with Gasteiger partial charge in [-0.3, -0.25) is 0 Å². The molecular weight excluding hydrogens is 493 g/mol. The quantitative estimate of drug-likeness (QED) is 0.166. The Kier molecular flexibility index (Phi) is 9.98. The first-order valence-electron chi connectivity index (χ1n) is 12.3. The summed E-state index contributed by atoms with van der Waals surface area (Å²) in [7, 11) is 4.08. The van der Waals surface area contributed by atoms with Crippen molar-refractivity contribution in [2.24, 2.45) is 0 Å². The van der Waals surface area contributed by atoms with Crippen molar-refractivity contribution < 1.29 is 54.8 Å². The van der Waals surface area contributed by atoms with Gasteiger partial charge < -0.3 is 25.7 Å². The van der Waals surface area contributed by atoms with Crippen LogP contribution < -0.4 is 48.8 Å². The maximum Gasteiger partial charge on any atom is 1.00 e. The Balaban J connectivity index is 0.00000267. The van der Waals surface area contributed by atoms with E-state index < -0.39 is 11.6 Å². The predicted molar refractivity (Wildman–Crippen MR) is 145 cm³/mol. The second-order valence-electron chi connectivity index (χ2n) is 9.86. The fraction of sp³-hybridized carbons (Fsp3) is 0.310. The van der Waals surface area contributed by atoms with E-state index in [2.05, 4.69) is 10.3 Å². The average molecular weight is 529 g/mol. The number of hydrogen-bond donors (Lipinski definition) is 2. The predicted octanol–water partition coefficient (Wildman–Crippen LogP) is 2.64. The molecule has 38 heavy (non-hydrogen) atoms. The van der Waals surface area contributed by atoms with Crippen molar-refractivity contribution in [1.82, 2.24) is 14.8 Å². The summed E-state index contributed by atoms with van der Waals surface area (Å²) < 4.78 is 17.9. The molecule has 8 nitrogen and oxygen atoms in total. The Hall–Kier alpha value is -2.88. The molecule has 0 radical (unpaired) electrons. The number of nitrogens with one attached hydrogen (secondary N) is 1. The number of oxazole rings is 1. The van der Waals surface area contributed by atoms with E-state index in [1.165, 1.54) is 13.8 Å². The van der Waals surface area contributed by atoms with Crippen molar-refractivity contribution in [3.63, 3.8) is 0 Å². The van der Waals surface area contributed by atoms with Crippen LogP contribution in [0.5, 0.6) is 11.5 Å². The standard InChI is InChI=1S/C29H33N3O5.Na.H/c1-29(2,27(33)34)37-23-15-13-21(14-16-23)20-30-17-8-18-35-24-10-7-9-22(19-24)32(3,4)28-31-25-11-5-6-12-26(25)36-28;;/h5-7,9-16,19,30H,8,17-18,20H2,1-4H3;;/q;+1;-1/p+1. The SMILES string of the molecule is CC(C)(Oc1ccc(CNCCCOc2cccc([N+](C)(C)c3nc4ccccc4o3)c2)cc1)C(=O)O.[H-].[Na+]. The summed E-state index contributed by atoms with van der Waals surface area (Å²) in [4.78, 5) is 15.9. The van der Waals surface area contributed by atoms with Crippen molar-refractivity contribution in [3.8, 4) is 11.5 Å². The van der Waals surface area contributed by atoms with Gasteiger partial charge >= 0.3 is 41.5 Å². The number of hydrogen-bond acceptors (Lipinski definition) is 6. The van der Waals surface area contributed by atoms with Crippen molar-refractivity contribution in [3.05, 3.63) is 78.4 Å². The zero-order chi connectivity index (χ0) is 26.5. The average Bonchev–Trinajstić information content (AvgIpc) is 3.32. The smallest absolute Gasteiger partial charge is 1.00 e. The van der Waals surface area contributed by atoms with Crippen LogP contribution >= 0.6 is 0 Å². The van der Waals surface area contributed by atoms with Gasteiger partial charge in [0.25, 0.3) is 0 Å². The molecule has 0 amide bonds. The van der Waals surface area contributed by atoms with Gasteiger partial charge in [-0.2, -0.15) is 4.98 Å². The number of aromatic nitrogens is 1. The van der Waals surface area contributed by atoms with E-state index in [0.717, 1.165) is 41.1 Å². The number of para-hydroxylation sites is 2. The van der Waals surface area contributed by atoms with Gasteiger partial charge in [0, 0.05) is 12.6 Å². The van der Waals surface area contributed by atoms with Crippen LogP contribution in [-0.2, 0) is 11.3 Å². The van der Waals surface area contributed by atoms with Crippen LogP contribution in [0.25, 0.3) is 11.1 Å². The van der Waals surface area contributed by atoms with Crippen LogP contribution in [-0.4, -0.2) is 48.9 Å². The van der Waals surface area contributed by atoms with Crippen molar-refractivity contribution >= 4 is 28.8 Å². The monoisotopic (exact) mass is 528 g/mol. The summed E-state index contributed by atoms with van der Waals surface area (Å²) in [5.74, 6) is 0.336. The number of carboxylic acids is 1. The number of quaternary nitrogens is 1. The minimum Gasteiger partial charge on any atom is -1.00 e. The summed E-state index contributed by atoms with van der Waals surface area (Å²) in [5.41, 5.74) is 2.46. The fourth-order valence-corrected chi connectivity index (χ4v) is 3.76.